The fourth-order valence-corrected chi connectivity index (χ4v) is 2.72. The van der Waals surface area contributed by atoms with Gasteiger partial charge in [0.15, 0.2) is 0 Å². The van der Waals surface area contributed by atoms with Gasteiger partial charge in [0.25, 0.3) is 0 Å². The third-order valence-electron chi connectivity index (χ3n) is 2.96. The zero-order chi connectivity index (χ0) is 12.4. The quantitative estimate of drug-likeness (QED) is 0.881. The van der Waals surface area contributed by atoms with Crippen LogP contribution in [0.25, 0.3) is 11.1 Å². The van der Waals surface area contributed by atoms with E-state index in [0.717, 1.165) is 10.0 Å². The maximum absolute atomic E-state index is 5.72. The smallest absolute Gasteiger partial charge is 0.0184 e. The van der Waals surface area contributed by atoms with Gasteiger partial charge < -0.3 is 5.73 Å². The molecule has 2 aromatic rings. The standard InChI is InChI=1S/C15H16BrN/c1-10-4-3-5-11(2)15(10)13-6-12(9-17)7-14(16)8-13/h3-8H,9,17H2,1-2H3. The molecular formula is C15H16BrN. The van der Waals surface area contributed by atoms with Crippen LogP contribution in [-0.2, 0) is 6.54 Å². The Morgan fingerprint density at radius 3 is 2.29 bits per heavy atom. The Hall–Kier alpha value is -1.12. The molecule has 17 heavy (non-hydrogen) atoms. The van der Waals surface area contributed by atoms with Crippen LogP contribution < -0.4 is 5.73 Å². The van der Waals surface area contributed by atoms with Gasteiger partial charge in [-0.15, -0.1) is 0 Å². The minimum Gasteiger partial charge on any atom is -0.326 e. The van der Waals surface area contributed by atoms with Crippen molar-refractivity contribution in [3.05, 3.63) is 57.6 Å². The van der Waals surface area contributed by atoms with Crippen molar-refractivity contribution in [1.82, 2.24) is 0 Å². The molecule has 2 rings (SSSR count). The van der Waals surface area contributed by atoms with Gasteiger partial charge in [0.2, 0.25) is 0 Å². The monoisotopic (exact) mass is 289 g/mol. The van der Waals surface area contributed by atoms with Crippen LogP contribution in [0.15, 0.2) is 40.9 Å². The second-order valence-corrected chi connectivity index (χ2v) is 5.23. The fourth-order valence-electron chi connectivity index (χ4n) is 2.18. The molecule has 0 saturated heterocycles. The number of nitrogens with two attached hydrogens (primary N) is 1. The van der Waals surface area contributed by atoms with Crippen LogP contribution in [-0.4, -0.2) is 0 Å². The summed E-state index contributed by atoms with van der Waals surface area (Å²) in [5.41, 5.74) is 12.0. The molecule has 2 N–H and O–H groups in total. The Bertz CT molecular complexity index is 526. The SMILES string of the molecule is Cc1cccc(C)c1-c1cc(Br)cc(CN)c1. The molecule has 0 bridgehead atoms. The Morgan fingerprint density at radius 1 is 1.06 bits per heavy atom. The van der Waals surface area contributed by atoms with Crippen LogP contribution in [0.3, 0.4) is 0 Å². The van der Waals surface area contributed by atoms with Gasteiger partial charge in [-0.05, 0) is 59.9 Å². The Kier molecular flexibility index (Phi) is 3.65. The van der Waals surface area contributed by atoms with Crippen LogP contribution in [0.2, 0.25) is 0 Å². The van der Waals surface area contributed by atoms with Crippen molar-refractivity contribution >= 4 is 15.9 Å². The van der Waals surface area contributed by atoms with Crippen LogP contribution >= 0.6 is 15.9 Å². The summed E-state index contributed by atoms with van der Waals surface area (Å²) >= 11 is 3.54. The van der Waals surface area contributed by atoms with E-state index in [-0.39, 0.29) is 0 Å². The lowest BCUT2D eigenvalue weighted by atomic mass is 9.95. The van der Waals surface area contributed by atoms with E-state index in [2.05, 4.69) is 66.2 Å². The number of hydrogen-bond donors (Lipinski definition) is 1. The highest BCUT2D eigenvalue weighted by molar-refractivity contribution is 9.10. The molecule has 0 saturated carbocycles. The van der Waals surface area contributed by atoms with E-state index in [0.29, 0.717) is 6.54 Å². The fraction of sp³-hybridized carbons (Fsp3) is 0.200. The van der Waals surface area contributed by atoms with Crippen molar-refractivity contribution in [3.63, 3.8) is 0 Å². The van der Waals surface area contributed by atoms with E-state index in [9.17, 15) is 0 Å². The highest BCUT2D eigenvalue weighted by Gasteiger charge is 2.07. The van der Waals surface area contributed by atoms with E-state index in [1.54, 1.807) is 0 Å². The first kappa shape index (κ1) is 12.3. The molecule has 0 atom stereocenters. The van der Waals surface area contributed by atoms with Crippen molar-refractivity contribution in [2.24, 2.45) is 5.73 Å². The van der Waals surface area contributed by atoms with Gasteiger partial charge in [0.05, 0.1) is 0 Å². The van der Waals surface area contributed by atoms with Gasteiger partial charge >= 0.3 is 0 Å². The summed E-state index contributed by atoms with van der Waals surface area (Å²) in [5, 5.41) is 0. The van der Waals surface area contributed by atoms with Gasteiger partial charge in [0, 0.05) is 11.0 Å². The first-order chi connectivity index (χ1) is 8.11. The predicted octanol–water partition coefficient (Wildman–Crippen LogP) is 4.19. The first-order valence-corrected chi connectivity index (χ1v) is 6.47. The highest BCUT2D eigenvalue weighted by atomic mass is 79.9. The van der Waals surface area contributed by atoms with Gasteiger partial charge in [-0.25, -0.2) is 0 Å². The van der Waals surface area contributed by atoms with Crippen molar-refractivity contribution in [2.45, 2.75) is 20.4 Å². The molecule has 0 aliphatic heterocycles. The maximum atomic E-state index is 5.72. The molecule has 0 unspecified atom stereocenters. The van der Waals surface area contributed by atoms with Crippen molar-refractivity contribution in [3.8, 4) is 11.1 Å². The minimum absolute atomic E-state index is 0.567. The van der Waals surface area contributed by atoms with Gasteiger partial charge in [-0.3, -0.25) is 0 Å². The lowest BCUT2D eigenvalue weighted by molar-refractivity contribution is 1.07. The molecule has 0 aromatic heterocycles. The van der Waals surface area contributed by atoms with Crippen LogP contribution in [0.4, 0.5) is 0 Å². The summed E-state index contributed by atoms with van der Waals surface area (Å²) in [6.45, 7) is 4.86. The maximum Gasteiger partial charge on any atom is 0.0184 e. The van der Waals surface area contributed by atoms with E-state index < -0.39 is 0 Å². The highest BCUT2D eigenvalue weighted by Crippen LogP contribution is 2.30. The zero-order valence-corrected chi connectivity index (χ0v) is 11.7. The average Bonchev–Trinajstić information content (AvgIpc) is 2.28. The van der Waals surface area contributed by atoms with E-state index in [1.165, 1.54) is 22.3 Å². The Morgan fingerprint density at radius 2 is 1.71 bits per heavy atom. The van der Waals surface area contributed by atoms with Gasteiger partial charge in [-0.2, -0.15) is 0 Å². The largest absolute Gasteiger partial charge is 0.326 e. The van der Waals surface area contributed by atoms with Crippen LogP contribution in [0.5, 0.6) is 0 Å². The summed E-state index contributed by atoms with van der Waals surface area (Å²) in [5.74, 6) is 0. The summed E-state index contributed by atoms with van der Waals surface area (Å²) in [7, 11) is 0. The summed E-state index contributed by atoms with van der Waals surface area (Å²) in [4.78, 5) is 0. The number of halogens is 1. The van der Waals surface area contributed by atoms with Crippen LogP contribution in [0.1, 0.15) is 16.7 Å². The molecule has 2 heteroatoms. The Balaban J connectivity index is 2.64. The lowest BCUT2D eigenvalue weighted by Crippen LogP contribution is -1.97. The van der Waals surface area contributed by atoms with Gasteiger partial charge in [-0.1, -0.05) is 34.1 Å². The zero-order valence-electron chi connectivity index (χ0n) is 10.1. The second-order valence-electron chi connectivity index (χ2n) is 4.32. The molecule has 0 heterocycles. The van der Waals surface area contributed by atoms with E-state index in [1.807, 2.05) is 0 Å². The molecule has 0 radical (unpaired) electrons. The van der Waals surface area contributed by atoms with Crippen LogP contribution in [0, 0.1) is 13.8 Å². The number of benzene rings is 2. The summed E-state index contributed by atoms with van der Waals surface area (Å²) in [6.07, 6.45) is 0. The third-order valence-corrected chi connectivity index (χ3v) is 3.42. The van der Waals surface area contributed by atoms with Gasteiger partial charge in [0.1, 0.15) is 0 Å². The molecule has 2 aromatic carbocycles. The topological polar surface area (TPSA) is 26.0 Å². The summed E-state index contributed by atoms with van der Waals surface area (Å²) < 4.78 is 1.08. The second kappa shape index (κ2) is 5.03. The van der Waals surface area contributed by atoms with Crippen molar-refractivity contribution in [1.29, 1.82) is 0 Å². The van der Waals surface area contributed by atoms with Crippen molar-refractivity contribution < 1.29 is 0 Å². The number of aryl methyl sites for hydroxylation is 2. The minimum atomic E-state index is 0.567. The molecule has 0 aliphatic rings. The lowest BCUT2D eigenvalue weighted by Gasteiger charge is -2.11. The molecule has 1 nitrogen and oxygen atoms in total. The normalized spacial score (nSPS) is 10.6. The molecule has 0 spiro atoms. The molecule has 88 valence electrons. The van der Waals surface area contributed by atoms with Crippen molar-refractivity contribution in [2.75, 3.05) is 0 Å². The molecular weight excluding hydrogens is 274 g/mol. The average molecular weight is 290 g/mol. The Labute approximate surface area is 111 Å². The predicted molar refractivity (Wildman–Crippen MR) is 76.9 cm³/mol. The van der Waals surface area contributed by atoms with E-state index >= 15 is 0 Å². The molecule has 0 fully saturated rings. The number of hydrogen-bond acceptors (Lipinski definition) is 1. The molecule has 0 aliphatic carbocycles. The van der Waals surface area contributed by atoms with E-state index in [4.69, 9.17) is 5.73 Å². The molecule has 0 amide bonds. The number of rotatable bonds is 2. The first-order valence-electron chi connectivity index (χ1n) is 5.68. The summed E-state index contributed by atoms with van der Waals surface area (Å²) in [6, 6.07) is 12.8. The third kappa shape index (κ3) is 2.59.